The molecule has 0 aromatic heterocycles. The van der Waals surface area contributed by atoms with Gasteiger partial charge in [0.25, 0.3) is 5.91 Å². The van der Waals surface area contributed by atoms with E-state index in [2.05, 4.69) is 4.74 Å². The normalized spacial score (nSPS) is 42.7. The maximum Gasteiger partial charge on any atom is 0.257 e. The van der Waals surface area contributed by atoms with Gasteiger partial charge in [0.15, 0.2) is 0 Å². The lowest BCUT2D eigenvalue weighted by Gasteiger charge is -2.50. The lowest BCUT2D eigenvalue weighted by atomic mass is 9.81. The molecule has 1 amide bonds. The van der Waals surface area contributed by atoms with Crippen LogP contribution in [0.4, 0.5) is 0 Å². The molecule has 0 spiro atoms. The molecule has 0 aliphatic carbocycles. The number of primary amides is 1. The van der Waals surface area contributed by atoms with Crippen molar-refractivity contribution in [1.29, 1.82) is 0 Å². The highest BCUT2D eigenvalue weighted by molar-refractivity contribution is 5.84. The van der Waals surface area contributed by atoms with Crippen LogP contribution in [-0.4, -0.2) is 90.7 Å². The van der Waals surface area contributed by atoms with E-state index in [-0.39, 0.29) is 0 Å². The number of ether oxygens (including phenoxy) is 1. The minimum absolute atomic E-state index is 0.895. The molecule has 0 radical (unpaired) electrons. The summed E-state index contributed by atoms with van der Waals surface area (Å²) in [6.45, 7) is -2.32. The summed E-state index contributed by atoms with van der Waals surface area (Å²) in [5, 5.41) is 66.4. The maximum absolute atomic E-state index is 11.1. The monoisotopic (exact) mass is 283 g/mol. The second-order valence-electron chi connectivity index (χ2n) is 4.34. The number of aliphatic hydroxyl groups is 7. The van der Waals surface area contributed by atoms with Crippen LogP contribution in [0.2, 0.25) is 0 Å². The average Bonchev–Trinajstić information content (AvgIpc) is 2.39. The third-order valence-electron chi connectivity index (χ3n) is 3.20. The van der Waals surface area contributed by atoms with Crippen molar-refractivity contribution in [3.63, 3.8) is 0 Å². The van der Waals surface area contributed by atoms with Gasteiger partial charge in [-0.15, -0.1) is 0 Å². The molecular formula is C9H17NO9. The van der Waals surface area contributed by atoms with Gasteiger partial charge in [0.05, 0.1) is 13.2 Å². The SMILES string of the molecule is NC(=O)C(O)(CO)C1(O)O[C@H](CO)[C@@H](O)[C@H](O)[C@H]1O. The molecule has 0 aromatic carbocycles. The lowest BCUT2D eigenvalue weighted by molar-refractivity contribution is -0.394. The summed E-state index contributed by atoms with van der Waals surface area (Å²) in [5.74, 6) is -4.82. The van der Waals surface area contributed by atoms with Gasteiger partial charge in [-0.3, -0.25) is 4.79 Å². The highest BCUT2D eigenvalue weighted by Gasteiger charge is 2.65. The van der Waals surface area contributed by atoms with E-state index in [1.54, 1.807) is 0 Å². The topological polar surface area (TPSA) is 194 Å². The standard InChI is InChI=1S/C9H17NO9/c10-7(16)8(17,2-12)9(18)6(15)5(14)4(13)3(1-11)19-9/h3-6,11-15,17-18H,1-2H2,(H2,10,16)/t3-,4-,5+,6-,8?,9?/m1/s1. The molecule has 1 heterocycles. The van der Waals surface area contributed by atoms with Crippen molar-refractivity contribution in [2.24, 2.45) is 5.73 Å². The number of hydrogen-bond acceptors (Lipinski definition) is 9. The summed E-state index contributed by atoms with van der Waals surface area (Å²) in [5.41, 5.74) is 1.68. The Bertz CT molecular complexity index is 351. The number of aliphatic hydroxyl groups excluding tert-OH is 5. The summed E-state index contributed by atoms with van der Waals surface area (Å²) >= 11 is 0. The minimum atomic E-state index is -3.19. The largest absolute Gasteiger partial charge is 0.394 e. The van der Waals surface area contributed by atoms with Crippen LogP contribution in [0.5, 0.6) is 0 Å². The molecule has 6 atom stereocenters. The van der Waals surface area contributed by atoms with Gasteiger partial charge in [0, 0.05) is 0 Å². The number of amides is 1. The van der Waals surface area contributed by atoms with Crippen LogP contribution in [0.15, 0.2) is 0 Å². The van der Waals surface area contributed by atoms with Crippen LogP contribution in [0.25, 0.3) is 0 Å². The fourth-order valence-electron chi connectivity index (χ4n) is 1.86. The zero-order chi connectivity index (χ0) is 15.0. The van der Waals surface area contributed by atoms with Gasteiger partial charge in [-0.05, 0) is 0 Å². The van der Waals surface area contributed by atoms with Gasteiger partial charge in [-0.2, -0.15) is 0 Å². The van der Waals surface area contributed by atoms with Crippen molar-refractivity contribution in [3.8, 4) is 0 Å². The van der Waals surface area contributed by atoms with Crippen LogP contribution < -0.4 is 5.73 Å². The van der Waals surface area contributed by atoms with Gasteiger partial charge in [0.2, 0.25) is 11.4 Å². The third kappa shape index (κ3) is 2.22. The van der Waals surface area contributed by atoms with E-state index in [1.807, 2.05) is 0 Å². The van der Waals surface area contributed by atoms with Crippen LogP contribution >= 0.6 is 0 Å². The Balaban J connectivity index is 3.24. The van der Waals surface area contributed by atoms with Gasteiger partial charge in [-0.1, -0.05) is 0 Å². The quantitative estimate of drug-likeness (QED) is 0.248. The Morgan fingerprint density at radius 1 is 1.26 bits per heavy atom. The number of rotatable bonds is 4. The van der Waals surface area contributed by atoms with Crippen molar-refractivity contribution in [1.82, 2.24) is 0 Å². The van der Waals surface area contributed by atoms with E-state index in [0.29, 0.717) is 0 Å². The van der Waals surface area contributed by atoms with Crippen LogP contribution in [0, 0.1) is 0 Å². The molecule has 1 aliphatic heterocycles. The summed E-state index contributed by atoms with van der Waals surface area (Å²) in [6.07, 6.45) is -7.79. The first kappa shape index (κ1) is 16.2. The van der Waals surface area contributed by atoms with E-state index >= 15 is 0 Å². The lowest BCUT2D eigenvalue weighted by Crippen LogP contribution is -2.77. The fourth-order valence-corrected chi connectivity index (χ4v) is 1.86. The first-order valence-corrected chi connectivity index (χ1v) is 5.34. The van der Waals surface area contributed by atoms with Gasteiger partial charge >= 0.3 is 0 Å². The molecule has 0 saturated carbocycles. The smallest absolute Gasteiger partial charge is 0.257 e. The van der Waals surface area contributed by atoms with Gasteiger partial charge < -0.3 is 46.2 Å². The van der Waals surface area contributed by atoms with E-state index in [0.717, 1.165) is 0 Å². The van der Waals surface area contributed by atoms with Crippen molar-refractivity contribution in [2.75, 3.05) is 13.2 Å². The molecule has 19 heavy (non-hydrogen) atoms. The Hall–Kier alpha value is -0.850. The Morgan fingerprint density at radius 2 is 1.79 bits per heavy atom. The van der Waals surface area contributed by atoms with Crippen molar-refractivity contribution >= 4 is 5.91 Å². The number of nitrogens with two attached hydrogens (primary N) is 1. The van der Waals surface area contributed by atoms with Crippen LogP contribution in [0.3, 0.4) is 0 Å². The number of hydrogen-bond donors (Lipinski definition) is 8. The molecule has 10 nitrogen and oxygen atoms in total. The van der Waals surface area contributed by atoms with Crippen LogP contribution in [0.1, 0.15) is 0 Å². The number of carbonyl (C=O) groups excluding carboxylic acids is 1. The molecule has 9 N–H and O–H groups in total. The van der Waals surface area contributed by atoms with Crippen molar-refractivity contribution < 1.29 is 45.3 Å². The molecule has 0 bridgehead atoms. The van der Waals surface area contributed by atoms with Crippen molar-refractivity contribution in [2.45, 2.75) is 35.8 Å². The minimum Gasteiger partial charge on any atom is -0.394 e. The molecule has 2 unspecified atom stereocenters. The van der Waals surface area contributed by atoms with Gasteiger partial charge in [0.1, 0.15) is 24.4 Å². The number of carbonyl (C=O) groups is 1. The van der Waals surface area contributed by atoms with E-state index in [4.69, 9.17) is 15.9 Å². The molecule has 1 rings (SSSR count). The van der Waals surface area contributed by atoms with E-state index in [9.17, 15) is 30.3 Å². The predicted molar refractivity (Wildman–Crippen MR) is 56.2 cm³/mol. The van der Waals surface area contributed by atoms with Crippen LogP contribution in [-0.2, 0) is 9.53 Å². The second kappa shape index (κ2) is 5.26. The van der Waals surface area contributed by atoms with Crippen molar-refractivity contribution in [3.05, 3.63) is 0 Å². The molecule has 1 saturated heterocycles. The first-order valence-electron chi connectivity index (χ1n) is 5.34. The average molecular weight is 283 g/mol. The Labute approximate surface area is 107 Å². The van der Waals surface area contributed by atoms with E-state index in [1.165, 1.54) is 0 Å². The molecule has 112 valence electrons. The molecule has 10 heteroatoms. The fraction of sp³-hybridized carbons (Fsp3) is 0.889. The zero-order valence-corrected chi connectivity index (χ0v) is 9.75. The zero-order valence-electron chi connectivity index (χ0n) is 9.75. The highest BCUT2D eigenvalue weighted by Crippen LogP contribution is 2.36. The third-order valence-corrected chi connectivity index (χ3v) is 3.20. The molecule has 0 aromatic rings. The van der Waals surface area contributed by atoms with E-state index < -0.39 is 54.9 Å². The molecule has 1 aliphatic rings. The summed E-state index contributed by atoms with van der Waals surface area (Å²) < 4.78 is 4.67. The summed E-state index contributed by atoms with van der Waals surface area (Å²) in [7, 11) is 0. The Morgan fingerprint density at radius 3 is 2.16 bits per heavy atom. The Kier molecular flexibility index (Phi) is 4.49. The second-order valence-corrected chi connectivity index (χ2v) is 4.34. The summed E-state index contributed by atoms with van der Waals surface area (Å²) in [4.78, 5) is 11.1. The maximum atomic E-state index is 11.1. The predicted octanol–water partition coefficient (Wildman–Crippen LogP) is -5.64. The van der Waals surface area contributed by atoms with Gasteiger partial charge in [-0.25, -0.2) is 0 Å². The molecule has 1 fully saturated rings. The first-order chi connectivity index (χ1) is 8.65. The summed E-state index contributed by atoms with van der Waals surface area (Å²) in [6, 6.07) is 0. The highest BCUT2D eigenvalue weighted by atomic mass is 16.7. The molecular weight excluding hydrogens is 266 g/mol.